The molecule has 0 heterocycles. The monoisotopic (exact) mass is 530 g/mol. The average Bonchev–Trinajstić information content (AvgIpc) is 2.98. The van der Waals surface area contributed by atoms with Gasteiger partial charge in [0, 0.05) is 5.56 Å². The van der Waals surface area contributed by atoms with E-state index in [1.165, 1.54) is 56.7 Å². The summed E-state index contributed by atoms with van der Waals surface area (Å²) in [6.07, 6.45) is 13.2. The van der Waals surface area contributed by atoms with Gasteiger partial charge < -0.3 is 4.74 Å². The van der Waals surface area contributed by atoms with Crippen molar-refractivity contribution in [1.29, 1.82) is 0 Å². The molecule has 2 saturated carbocycles. The Morgan fingerprint density at radius 3 is 1.92 bits per heavy atom. The molecule has 5 rings (SSSR count). The van der Waals surface area contributed by atoms with Crippen LogP contribution in [0.5, 0.6) is 5.75 Å². The molecule has 3 aromatic rings. The van der Waals surface area contributed by atoms with Crippen molar-refractivity contribution >= 4 is 0 Å². The standard InChI is InChI=1S/C35H37F3O/c1-3-21-39-33-20-19-31(34(37)35(33)38)28-15-11-26(12-16-28)29-17-18-30(32(36)22-29)27-13-9-25(10-14-27)24-7-5-23(4-2)6-8-24/h3-4,11-12,15-20,22-25,27H,1-2,5-10,13-14,21H2. The van der Waals surface area contributed by atoms with Crippen molar-refractivity contribution in [3.8, 4) is 28.0 Å². The fraction of sp³-hybridized carbons (Fsp3) is 0.371. The Morgan fingerprint density at radius 2 is 1.31 bits per heavy atom. The Hall–Kier alpha value is -3.27. The van der Waals surface area contributed by atoms with Crippen LogP contribution < -0.4 is 4.74 Å². The van der Waals surface area contributed by atoms with Gasteiger partial charge in [0.1, 0.15) is 12.4 Å². The second kappa shape index (κ2) is 12.3. The van der Waals surface area contributed by atoms with Crippen LogP contribution in [0.4, 0.5) is 13.2 Å². The minimum absolute atomic E-state index is 0.0955. The molecule has 0 spiro atoms. The van der Waals surface area contributed by atoms with Crippen molar-refractivity contribution in [3.05, 3.63) is 103 Å². The summed E-state index contributed by atoms with van der Waals surface area (Å²) in [5.41, 5.74) is 3.11. The first kappa shape index (κ1) is 27.3. The fourth-order valence-electron chi connectivity index (χ4n) is 6.65. The topological polar surface area (TPSA) is 9.23 Å². The van der Waals surface area contributed by atoms with E-state index in [-0.39, 0.29) is 29.7 Å². The summed E-state index contributed by atoms with van der Waals surface area (Å²) in [5, 5.41) is 0. The van der Waals surface area contributed by atoms with Gasteiger partial charge in [0.2, 0.25) is 5.82 Å². The summed E-state index contributed by atoms with van der Waals surface area (Å²) in [6.45, 7) is 7.58. The summed E-state index contributed by atoms with van der Waals surface area (Å²) in [4.78, 5) is 0. The van der Waals surface area contributed by atoms with E-state index in [0.29, 0.717) is 11.5 Å². The smallest absolute Gasteiger partial charge is 0.201 e. The number of benzene rings is 3. The molecule has 0 bridgehead atoms. The maximum atomic E-state index is 15.3. The van der Waals surface area contributed by atoms with E-state index in [0.717, 1.165) is 41.4 Å². The van der Waals surface area contributed by atoms with Crippen molar-refractivity contribution in [3.63, 3.8) is 0 Å². The van der Waals surface area contributed by atoms with Crippen LogP contribution in [0.2, 0.25) is 0 Å². The molecule has 2 aliphatic rings. The highest BCUT2D eigenvalue weighted by atomic mass is 19.2. The largest absolute Gasteiger partial charge is 0.486 e. The summed E-state index contributed by atoms with van der Waals surface area (Å²) < 4.78 is 49.6. The third-order valence-electron chi connectivity index (χ3n) is 8.96. The van der Waals surface area contributed by atoms with Crippen molar-refractivity contribution in [1.82, 2.24) is 0 Å². The zero-order chi connectivity index (χ0) is 27.4. The maximum absolute atomic E-state index is 15.3. The first-order chi connectivity index (χ1) is 19.0. The molecule has 0 N–H and O–H groups in total. The number of ether oxygens (including phenoxy) is 1. The van der Waals surface area contributed by atoms with Gasteiger partial charge in [-0.1, -0.05) is 55.1 Å². The molecule has 3 aromatic carbocycles. The number of rotatable bonds is 8. The molecule has 39 heavy (non-hydrogen) atoms. The first-order valence-electron chi connectivity index (χ1n) is 14.2. The van der Waals surface area contributed by atoms with Crippen LogP contribution >= 0.6 is 0 Å². The predicted molar refractivity (Wildman–Crippen MR) is 153 cm³/mol. The third-order valence-corrected chi connectivity index (χ3v) is 8.96. The van der Waals surface area contributed by atoms with Crippen LogP contribution in [0.1, 0.15) is 62.8 Å². The molecule has 0 aromatic heterocycles. The van der Waals surface area contributed by atoms with E-state index in [4.69, 9.17) is 4.74 Å². The van der Waals surface area contributed by atoms with Crippen LogP contribution in [-0.2, 0) is 0 Å². The molecule has 4 heteroatoms. The number of hydrogen-bond acceptors (Lipinski definition) is 1. The highest BCUT2D eigenvalue weighted by molar-refractivity contribution is 5.71. The molecule has 1 nitrogen and oxygen atoms in total. The minimum atomic E-state index is -1.02. The van der Waals surface area contributed by atoms with E-state index < -0.39 is 11.6 Å². The quantitative estimate of drug-likeness (QED) is 0.263. The van der Waals surface area contributed by atoms with Gasteiger partial charge in [0.15, 0.2) is 11.6 Å². The van der Waals surface area contributed by atoms with Gasteiger partial charge in [-0.05, 0) is 115 Å². The van der Waals surface area contributed by atoms with Gasteiger partial charge in [-0.2, -0.15) is 4.39 Å². The maximum Gasteiger partial charge on any atom is 0.201 e. The molecule has 0 atom stereocenters. The first-order valence-corrected chi connectivity index (χ1v) is 14.2. The van der Waals surface area contributed by atoms with Gasteiger partial charge in [0.05, 0.1) is 0 Å². The average molecular weight is 531 g/mol. The summed E-state index contributed by atoms with van der Waals surface area (Å²) in [7, 11) is 0. The molecule has 204 valence electrons. The number of allylic oxidation sites excluding steroid dienone is 1. The second-order valence-corrected chi connectivity index (χ2v) is 11.2. The third kappa shape index (κ3) is 6.00. The second-order valence-electron chi connectivity index (χ2n) is 11.2. The van der Waals surface area contributed by atoms with E-state index in [2.05, 4.69) is 19.2 Å². The summed E-state index contributed by atoms with van der Waals surface area (Å²) in [6, 6.07) is 15.5. The highest BCUT2D eigenvalue weighted by Gasteiger charge is 2.31. The van der Waals surface area contributed by atoms with Crippen molar-refractivity contribution in [2.75, 3.05) is 6.61 Å². The van der Waals surface area contributed by atoms with E-state index in [1.54, 1.807) is 18.2 Å². The van der Waals surface area contributed by atoms with Gasteiger partial charge in [-0.25, -0.2) is 8.78 Å². The Balaban J connectivity index is 1.23. The molecule has 0 amide bonds. The lowest BCUT2D eigenvalue weighted by molar-refractivity contribution is 0.171. The van der Waals surface area contributed by atoms with Crippen LogP contribution in [0.15, 0.2) is 79.9 Å². The lowest BCUT2D eigenvalue weighted by atomic mass is 9.68. The van der Waals surface area contributed by atoms with Gasteiger partial charge in [-0.15, -0.1) is 6.58 Å². The molecule has 0 radical (unpaired) electrons. The SMILES string of the molecule is C=CCOc1ccc(-c2ccc(-c3ccc(C4CCC(C5CCC(C=C)CC5)CC4)c(F)c3)cc2)c(F)c1F. The summed E-state index contributed by atoms with van der Waals surface area (Å²) in [5.74, 6) is 0.289. The van der Waals surface area contributed by atoms with Crippen molar-refractivity contribution in [2.45, 2.75) is 57.3 Å². The Bertz CT molecular complexity index is 1300. The molecule has 0 saturated heterocycles. The van der Waals surface area contributed by atoms with E-state index in [1.807, 2.05) is 24.3 Å². The lowest BCUT2D eigenvalue weighted by Crippen LogP contribution is -2.25. The van der Waals surface area contributed by atoms with Gasteiger partial charge in [0.25, 0.3) is 0 Å². The van der Waals surface area contributed by atoms with Gasteiger partial charge in [-0.3, -0.25) is 0 Å². The Labute approximate surface area is 230 Å². The zero-order valence-corrected chi connectivity index (χ0v) is 22.5. The molecular weight excluding hydrogens is 493 g/mol. The highest BCUT2D eigenvalue weighted by Crippen LogP contribution is 2.44. The summed E-state index contributed by atoms with van der Waals surface area (Å²) >= 11 is 0. The normalized spacial score (nSPS) is 23.3. The molecule has 0 aliphatic heterocycles. The van der Waals surface area contributed by atoms with E-state index >= 15 is 4.39 Å². The zero-order valence-electron chi connectivity index (χ0n) is 22.5. The fourth-order valence-corrected chi connectivity index (χ4v) is 6.65. The Kier molecular flexibility index (Phi) is 8.60. The number of hydrogen-bond donors (Lipinski definition) is 0. The van der Waals surface area contributed by atoms with E-state index in [9.17, 15) is 8.78 Å². The molecule has 2 fully saturated rings. The molecule has 2 aliphatic carbocycles. The van der Waals surface area contributed by atoms with Crippen LogP contribution in [0, 0.1) is 35.2 Å². The van der Waals surface area contributed by atoms with Crippen molar-refractivity contribution < 1.29 is 17.9 Å². The molecule has 0 unspecified atom stereocenters. The number of halogens is 3. The van der Waals surface area contributed by atoms with Gasteiger partial charge >= 0.3 is 0 Å². The minimum Gasteiger partial charge on any atom is -0.486 e. The van der Waals surface area contributed by atoms with Crippen LogP contribution in [0.25, 0.3) is 22.3 Å². The predicted octanol–water partition coefficient (Wildman–Crippen LogP) is 10.3. The lowest BCUT2D eigenvalue weighted by Gasteiger charge is -2.37. The molecular formula is C35H37F3O. The van der Waals surface area contributed by atoms with Crippen molar-refractivity contribution in [2.24, 2.45) is 17.8 Å². The van der Waals surface area contributed by atoms with Crippen LogP contribution in [0.3, 0.4) is 0 Å². The Morgan fingerprint density at radius 1 is 0.692 bits per heavy atom. The van der Waals surface area contributed by atoms with Crippen LogP contribution in [-0.4, -0.2) is 6.61 Å².